The molecule has 0 unspecified atom stereocenters. The van der Waals surface area contributed by atoms with E-state index >= 15 is 0 Å². The van der Waals surface area contributed by atoms with Crippen molar-refractivity contribution in [2.24, 2.45) is 0 Å². The van der Waals surface area contributed by atoms with E-state index < -0.39 is 5.41 Å². The summed E-state index contributed by atoms with van der Waals surface area (Å²) in [6, 6.07) is 54.8. The van der Waals surface area contributed by atoms with Gasteiger partial charge in [-0.3, -0.25) is 9.59 Å². The van der Waals surface area contributed by atoms with Crippen molar-refractivity contribution in [3.63, 3.8) is 0 Å². The van der Waals surface area contributed by atoms with E-state index in [2.05, 4.69) is 114 Å². The Morgan fingerprint density at radius 3 is 1.67 bits per heavy atom. The van der Waals surface area contributed by atoms with Gasteiger partial charge in [0.05, 0.1) is 22.4 Å². The number of nitrogens with zero attached hydrogens (tertiary/aromatic N) is 1. The molecule has 10 rings (SSSR count). The Balaban J connectivity index is 1.26. The van der Waals surface area contributed by atoms with Crippen LogP contribution in [0.15, 0.2) is 163 Å². The minimum absolute atomic E-state index is 0.208. The van der Waals surface area contributed by atoms with E-state index in [9.17, 15) is 9.59 Å². The quantitative estimate of drug-likeness (QED) is 0.141. The van der Waals surface area contributed by atoms with Gasteiger partial charge < -0.3 is 4.90 Å². The molecule has 0 amide bonds. The molecule has 0 N–H and O–H groups in total. The van der Waals surface area contributed by atoms with Crippen molar-refractivity contribution in [3.05, 3.63) is 213 Å². The predicted octanol–water partition coefficient (Wildman–Crippen LogP) is 10.4. The fourth-order valence-electron chi connectivity index (χ4n) is 8.57. The lowest BCUT2D eigenvalue weighted by Gasteiger charge is -2.49. The maximum Gasteiger partial charge on any atom is 0.197 e. The van der Waals surface area contributed by atoms with Crippen molar-refractivity contribution in [2.45, 2.75) is 11.8 Å². The molecule has 3 heteroatoms. The SMILES string of the molecule is O=C1C(=Cc2ccc3c(c2)C2(c4ccccc4Cc4ccccc42)c2ccccc2N3c2ccccc2)C(=O)c2cc3ccccc3cc21. The van der Waals surface area contributed by atoms with Crippen LogP contribution in [0, 0.1) is 0 Å². The van der Waals surface area contributed by atoms with E-state index in [4.69, 9.17) is 0 Å². The van der Waals surface area contributed by atoms with Gasteiger partial charge in [-0.25, -0.2) is 0 Å². The number of hydrogen-bond acceptors (Lipinski definition) is 3. The first-order valence-electron chi connectivity index (χ1n) is 16.7. The van der Waals surface area contributed by atoms with Gasteiger partial charge in [0.25, 0.3) is 0 Å². The molecule has 3 aliphatic rings. The van der Waals surface area contributed by atoms with E-state index in [-0.39, 0.29) is 17.1 Å². The lowest BCUT2D eigenvalue weighted by atomic mass is 9.57. The fraction of sp³-hybridized carbons (Fsp3) is 0.0435. The maximum atomic E-state index is 13.9. The highest BCUT2D eigenvalue weighted by Crippen LogP contribution is 2.60. The van der Waals surface area contributed by atoms with Crippen molar-refractivity contribution < 1.29 is 9.59 Å². The van der Waals surface area contributed by atoms with Gasteiger partial charge >= 0.3 is 0 Å². The molecule has 1 aliphatic heterocycles. The number of anilines is 3. The second-order valence-corrected chi connectivity index (χ2v) is 13.2. The number of hydrogen-bond donors (Lipinski definition) is 0. The molecular weight excluding hydrogens is 599 g/mol. The number of carbonyl (C=O) groups excluding carboxylic acids is 2. The van der Waals surface area contributed by atoms with E-state index in [1.807, 2.05) is 48.5 Å². The zero-order valence-electron chi connectivity index (χ0n) is 26.6. The first kappa shape index (κ1) is 27.8. The molecule has 230 valence electrons. The van der Waals surface area contributed by atoms with Crippen LogP contribution in [0.4, 0.5) is 17.1 Å². The number of benzene rings is 7. The molecular formula is C46H29NO2. The third-order valence-corrected chi connectivity index (χ3v) is 10.6. The molecule has 3 nitrogen and oxygen atoms in total. The minimum Gasteiger partial charge on any atom is -0.310 e. The van der Waals surface area contributed by atoms with Crippen molar-refractivity contribution in [2.75, 3.05) is 4.90 Å². The fourth-order valence-corrected chi connectivity index (χ4v) is 8.57. The van der Waals surface area contributed by atoms with Gasteiger partial charge in [-0.1, -0.05) is 115 Å². The average molecular weight is 628 g/mol. The lowest BCUT2D eigenvalue weighted by molar-refractivity contribution is 0.0990. The largest absolute Gasteiger partial charge is 0.310 e. The van der Waals surface area contributed by atoms with Gasteiger partial charge in [-0.05, 0) is 105 Å². The molecule has 0 atom stereocenters. The number of allylic oxidation sites excluding steroid dienone is 1. The van der Waals surface area contributed by atoms with Gasteiger partial charge in [-0.2, -0.15) is 0 Å². The number of Topliss-reactive ketones (excluding diaryl/α,β-unsaturated/α-hetero) is 2. The summed E-state index contributed by atoms with van der Waals surface area (Å²) < 4.78 is 0. The minimum atomic E-state index is -0.623. The Hall–Kier alpha value is -6.32. The average Bonchev–Trinajstić information content (AvgIpc) is 3.38. The second kappa shape index (κ2) is 10.3. The highest BCUT2D eigenvalue weighted by molar-refractivity contribution is 6.42. The molecule has 1 spiro atoms. The number of fused-ring (bicyclic) bond motifs is 10. The van der Waals surface area contributed by atoms with Gasteiger partial charge in [0, 0.05) is 16.8 Å². The van der Waals surface area contributed by atoms with Crippen LogP contribution < -0.4 is 4.90 Å². The van der Waals surface area contributed by atoms with Crippen LogP contribution in [0.3, 0.4) is 0 Å². The number of ketones is 2. The molecule has 7 aromatic carbocycles. The summed E-state index contributed by atoms with van der Waals surface area (Å²) in [5.74, 6) is -0.439. The highest BCUT2D eigenvalue weighted by atomic mass is 16.2. The van der Waals surface area contributed by atoms with E-state index in [1.165, 1.54) is 27.8 Å². The van der Waals surface area contributed by atoms with Crippen LogP contribution in [0.25, 0.3) is 16.8 Å². The Bertz CT molecular complexity index is 2480. The predicted molar refractivity (Wildman–Crippen MR) is 196 cm³/mol. The Morgan fingerprint density at radius 1 is 0.490 bits per heavy atom. The van der Waals surface area contributed by atoms with Crippen molar-refractivity contribution in [1.29, 1.82) is 0 Å². The van der Waals surface area contributed by atoms with Crippen molar-refractivity contribution >= 4 is 45.5 Å². The summed E-state index contributed by atoms with van der Waals surface area (Å²) in [4.78, 5) is 30.1. The zero-order valence-corrected chi connectivity index (χ0v) is 26.6. The maximum absolute atomic E-state index is 13.9. The summed E-state index contributed by atoms with van der Waals surface area (Å²) in [6.07, 6.45) is 2.66. The van der Waals surface area contributed by atoms with E-state index in [1.54, 1.807) is 6.08 Å². The van der Waals surface area contributed by atoms with Crippen molar-refractivity contribution in [1.82, 2.24) is 0 Å². The molecule has 0 saturated heterocycles. The molecule has 7 aromatic rings. The van der Waals surface area contributed by atoms with Gasteiger partial charge in [0.15, 0.2) is 11.6 Å². The first-order valence-corrected chi connectivity index (χ1v) is 16.7. The number of para-hydroxylation sites is 2. The van der Waals surface area contributed by atoms with Crippen LogP contribution in [0.2, 0.25) is 0 Å². The topological polar surface area (TPSA) is 37.4 Å². The smallest absolute Gasteiger partial charge is 0.197 e. The second-order valence-electron chi connectivity index (χ2n) is 13.2. The molecule has 1 heterocycles. The monoisotopic (exact) mass is 627 g/mol. The highest BCUT2D eigenvalue weighted by Gasteiger charge is 2.50. The zero-order chi connectivity index (χ0) is 32.7. The Morgan fingerprint density at radius 2 is 1.02 bits per heavy atom. The normalized spacial score (nSPS) is 15.0. The van der Waals surface area contributed by atoms with E-state index in [0.29, 0.717) is 11.1 Å². The van der Waals surface area contributed by atoms with Crippen LogP contribution in [0.1, 0.15) is 59.7 Å². The lowest BCUT2D eigenvalue weighted by Crippen LogP contribution is -2.41. The van der Waals surface area contributed by atoms with Gasteiger partial charge in [0.1, 0.15) is 0 Å². The molecule has 0 aromatic heterocycles. The van der Waals surface area contributed by atoms with Crippen LogP contribution in [-0.4, -0.2) is 11.6 Å². The van der Waals surface area contributed by atoms with Crippen LogP contribution in [0.5, 0.6) is 0 Å². The summed E-state index contributed by atoms with van der Waals surface area (Å²) >= 11 is 0. The Kier molecular flexibility index (Phi) is 5.86. The van der Waals surface area contributed by atoms with Crippen LogP contribution >= 0.6 is 0 Å². The number of carbonyl (C=O) groups is 2. The third kappa shape index (κ3) is 3.84. The van der Waals surface area contributed by atoms with Crippen LogP contribution in [-0.2, 0) is 11.8 Å². The Labute approximate surface area is 284 Å². The van der Waals surface area contributed by atoms with Gasteiger partial charge in [0.2, 0.25) is 0 Å². The first-order chi connectivity index (χ1) is 24.1. The third-order valence-electron chi connectivity index (χ3n) is 10.6. The van der Waals surface area contributed by atoms with Gasteiger partial charge in [-0.15, -0.1) is 0 Å². The summed E-state index contributed by atoms with van der Waals surface area (Å²) in [5, 5.41) is 1.90. The molecule has 0 radical (unpaired) electrons. The summed E-state index contributed by atoms with van der Waals surface area (Å²) in [5.41, 5.74) is 12.0. The molecule has 0 fully saturated rings. The number of rotatable bonds is 2. The van der Waals surface area contributed by atoms with E-state index in [0.717, 1.165) is 45.4 Å². The molecule has 49 heavy (non-hydrogen) atoms. The molecule has 0 saturated carbocycles. The summed E-state index contributed by atoms with van der Waals surface area (Å²) in [6.45, 7) is 0. The summed E-state index contributed by atoms with van der Waals surface area (Å²) in [7, 11) is 0. The molecule has 0 bridgehead atoms. The standard InChI is InChI=1S/C46H29NO2/c48-44-35-27-30-12-4-5-13-31(30)28-36(35)45(49)37(44)24-29-22-23-43-41(25-29)46(38-18-8-6-14-32(38)26-33-15-7-9-19-39(33)46)40-20-10-11-21-42(40)47(43)34-16-2-1-3-17-34/h1-25,27-28H,26H2. The molecule has 2 aliphatic carbocycles. The van der Waals surface area contributed by atoms with Crippen molar-refractivity contribution in [3.8, 4) is 0 Å².